The summed E-state index contributed by atoms with van der Waals surface area (Å²) >= 11 is 6.68. The summed E-state index contributed by atoms with van der Waals surface area (Å²) in [5, 5.41) is 14.1. The van der Waals surface area contributed by atoms with Crippen LogP contribution in [-0.4, -0.2) is 11.8 Å². The van der Waals surface area contributed by atoms with Crippen LogP contribution in [0.4, 0.5) is 11.4 Å². The summed E-state index contributed by atoms with van der Waals surface area (Å²) in [6, 6.07) is 16.5. The number of thiophene rings is 4. The maximum absolute atomic E-state index is 13.0. The number of nitrogens with one attached hydrogen (secondary N) is 2. The Balaban J connectivity index is 1.38. The molecule has 2 aliphatic rings. The Hall–Kier alpha value is -3.30. The first-order valence-corrected chi connectivity index (χ1v) is 14.0. The highest BCUT2D eigenvalue weighted by atomic mass is 32.1. The third-order valence-electron chi connectivity index (χ3n) is 6.44. The van der Waals surface area contributed by atoms with Gasteiger partial charge in [-0.3, -0.25) is 9.59 Å². The van der Waals surface area contributed by atoms with E-state index in [0.29, 0.717) is 0 Å². The molecule has 8 heteroatoms. The summed E-state index contributed by atoms with van der Waals surface area (Å²) < 4.78 is 4.80. The zero-order valence-corrected chi connectivity index (χ0v) is 20.5. The first kappa shape index (κ1) is 19.1. The Morgan fingerprint density at radius 2 is 1.03 bits per heavy atom. The minimum atomic E-state index is -0.0770. The molecule has 2 aromatic carbocycles. The predicted octanol–water partition coefficient (Wildman–Crippen LogP) is 5.69. The van der Waals surface area contributed by atoms with Crippen molar-refractivity contribution in [2.45, 2.75) is 0 Å². The van der Waals surface area contributed by atoms with Gasteiger partial charge in [-0.05, 0) is 35.0 Å². The van der Waals surface area contributed by atoms with Crippen molar-refractivity contribution in [2.75, 3.05) is 10.6 Å². The summed E-state index contributed by atoms with van der Waals surface area (Å²) in [4.78, 5) is 28.1. The first-order chi connectivity index (χ1) is 16.7. The number of fused-ring (bicyclic) bond motifs is 7. The molecule has 0 bridgehead atoms. The largest absolute Gasteiger partial charge is 0.321 e. The lowest BCUT2D eigenvalue weighted by molar-refractivity contribution is -0.111. The third kappa shape index (κ3) is 2.46. The molecule has 2 N–H and O–H groups in total. The molecule has 0 atom stereocenters. The van der Waals surface area contributed by atoms with E-state index in [1.165, 1.54) is 18.8 Å². The Labute approximate surface area is 208 Å². The highest BCUT2D eigenvalue weighted by molar-refractivity contribution is 7.28. The van der Waals surface area contributed by atoms with E-state index in [1.807, 2.05) is 24.3 Å². The lowest BCUT2D eigenvalue weighted by Crippen LogP contribution is -2.08. The van der Waals surface area contributed by atoms with Crippen LogP contribution in [-0.2, 0) is 9.59 Å². The van der Waals surface area contributed by atoms with Crippen LogP contribution in [0.1, 0.15) is 9.75 Å². The highest BCUT2D eigenvalue weighted by Crippen LogP contribution is 2.38. The van der Waals surface area contributed by atoms with Gasteiger partial charge in [-0.15, -0.1) is 45.3 Å². The van der Waals surface area contributed by atoms with Crippen molar-refractivity contribution in [3.63, 3.8) is 0 Å². The molecule has 0 saturated carbocycles. The summed E-state index contributed by atoms with van der Waals surface area (Å²) in [6.07, 6.45) is 0. The van der Waals surface area contributed by atoms with Gasteiger partial charge in [0.25, 0.3) is 11.8 Å². The lowest BCUT2D eigenvalue weighted by atomic mass is 10.0. The van der Waals surface area contributed by atoms with Crippen LogP contribution in [0.15, 0.2) is 59.3 Å². The number of hydrogen-bond acceptors (Lipinski definition) is 6. The summed E-state index contributed by atoms with van der Waals surface area (Å²) in [5.74, 6) is -0.154. The molecule has 6 heterocycles. The molecule has 0 aliphatic carbocycles. The molecule has 2 amide bonds. The smallest absolute Gasteiger partial charge is 0.257 e. The highest BCUT2D eigenvalue weighted by Gasteiger charge is 2.29. The van der Waals surface area contributed by atoms with Crippen LogP contribution < -0.4 is 21.1 Å². The van der Waals surface area contributed by atoms with Crippen molar-refractivity contribution in [3.05, 3.63) is 79.5 Å². The maximum atomic E-state index is 13.0. The molecule has 0 saturated heterocycles. The average molecular weight is 513 g/mol. The quantitative estimate of drug-likeness (QED) is 0.313. The minimum absolute atomic E-state index is 0.0770. The molecule has 34 heavy (non-hydrogen) atoms. The van der Waals surface area contributed by atoms with Crippen molar-refractivity contribution in [3.8, 4) is 0 Å². The molecule has 162 valence electrons. The van der Waals surface area contributed by atoms with Crippen LogP contribution in [0.5, 0.6) is 0 Å². The second kappa shape index (κ2) is 6.64. The lowest BCUT2D eigenvalue weighted by Gasteiger charge is -2.07. The second-order valence-corrected chi connectivity index (χ2v) is 12.3. The number of anilines is 2. The van der Waals surface area contributed by atoms with Crippen LogP contribution >= 0.6 is 45.3 Å². The van der Waals surface area contributed by atoms with Crippen molar-refractivity contribution < 1.29 is 9.59 Å². The zero-order chi connectivity index (χ0) is 22.6. The van der Waals surface area contributed by atoms with Gasteiger partial charge in [0.15, 0.2) is 0 Å². The first-order valence-electron chi connectivity index (χ1n) is 10.6. The van der Waals surface area contributed by atoms with Gasteiger partial charge < -0.3 is 10.6 Å². The third-order valence-corrected chi connectivity index (χ3v) is 10.7. The van der Waals surface area contributed by atoms with Gasteiger partial charge in [0.05, 0.1) is 22.5 Å². The van der Waals surface area contributed by atoms with E-state index in [0.717, 1.165) is 53.5 Å². The van der Waals surface area contributed by atoms with E-state index in [4.69, 9.17) is 0 Å². The van der Waals surface area contributed by atoms with E-state index in [1.54, 1.807) is 45.3 Å². The summed E-state index contributed by atoms with van der Waals surface area (Å²) in [5.41, 5.74) is 3.08. The van der Waals surface area contributed by atoms with Crippen molar-refractivity contribution in [1.29, 1.82) is 0 Å². The fourth-order valence-corrected chi connectivity index (χ4v) is 9.29. The molecular weight excluding hydrogens is 501 g/mol. The SMILES string of the molecule is O=C1Nc2c(ccc3c4c(ccc23)=C(c2cc3sccc3s2)C(=O)N4)=C1c1cc2sccc2s1. The van der Waals surface area contributed by atoms with Crippen LogP contribution in [0.25, 0.3) is 40.7 Å². The van der Waals surface area contributed by atoms with Gasteiger partial charge in [-0.25, -0.2) is 0 Å². The maximum Gasteiger partial charge on any atom is 0.257 e. The van der Waals surface area contributed by atoms with Gasteiger partial charge in [-0.1, -0.05) is 24.3 Å². The van der Waals surface area contributed by atoms with E-state index in [2.05, 4.69) is 45.7 Å². The van der Waals surface area contributed by atoms with Gasteiger partial charge in [0.1, 0.15) is 0 Å². The Bertz CT molecular complexity index is 1810. The molecule has 6 aromatic rings. The van der Waals surface area contributed by atoms with E-state index < -0.39 is 0 Å². The summed E-state index contributed by atoms with van der Waals surface area (Å²) in [7, 11) is 0. The standard InChI is InChI=1S/C26H12N2O2S4/c29-25-21(19-9-17-15(33-19)5-7-31-17)13-3-1-11-12(24(13)28-25)2-4-14-22(26(30)27-23(11)14)20-10-18-16(34-20)6-8-32-18/h1-10H,(H,27,30)(H,28,29). The molecular formula is C26H12N2O2S4. The fraction of sp³-hybridized carbons (Fsp3) is 0. The molecule has 8 rings (SSSR count). The summed E-state index contributed by atoms with van der Waals surface area (Å²) in [6.45, 7) is 0. The van der Waals surface area contributed by atoms with Crippen molar-refractivity contribution in [2.24, 2.45) is 0 Å². The zero-order valence-electron chi connectivity index (χ0n) is 17.2. The number of hydrogen-bond donors (Lipinski definition) is 2. The Morgan fingerprint density at radius 3 is 1.47 bits per heavy atom. The number of carbonyl (C=O) groups is 2. The monoisotopic (exact) mass is 512 g/mol. The van der Waals surface area contributed by atoms with E-state index >= 15 is 0 Å². The molecule has 4 nitrogen and oxygen atoms in total. The fourth-order valence-electron chi connectivity index (χ4n) is 4.96. The molecule has 0 unspecified atom stereocenters. The number of amides is 2. The van der Waals surface area contributed by atoms with E-state index in [9.17, 15) is 9.59 Å². The molecule has 0 fully saturated rings. The van der Waals surface area contributed by atoms with Gasteiger partial charge in [0.2, 0.25) is 0 Å². The normalized spacial score (nSPS) is 14.9. The predicted molar refractivity (Wildman–Crippen MR) is 145 cm³/mol. The number of benzene rings is 2. The van der Waals surface area contributed by atoms with E-state index in [-0.39, 0.29) is 11.8 Å². The van der Waals surface area contributed by atoms with Crippen LogP contribution in [0.3, 0.4) is 0 Å². The number of carbonyl (C=O) groups excluding carboxylic acids is 2. The van der Waals surface area contributed by atoms with Crippen LogP contribution in [0.2, 0.25) is 0 Å². The topological polar surface area (TPSA) is 58.2 Å². The Morgan fingerprint density at radius 1 is 0.559 bits per heavy atom. The molecule has 0 spiro atoms. The average Bonchev–Trinajstić information content (AvgIpc) is 3.60. The molecule has 0 radical (unpaired) electrons. The number of rotatable bonds is 2. The van der Waals surface area contributed by atoms with Gasteiger partial charge >= 0.3 is 0 Å². The van der Waals surface area contributed by atoms with Crippen molar-refractivity contribution in [1.82, 2.24) is 0 Å². The van der Waals surface area contributed by atoms with Gasteiger partial charge in [0, 0.05) is 49.8 Å². The second-order valence-electron chi connectivity index (χ2n) is 8.25. The van der Waals surface area contributed by atoms with Gasteiger partial charge in [-0.2, -0.15) is 0 Å². The molecule has 4 aromatic heterocycles. The Kier molecular flexibility index (Phi) is 3.72. The van der Waals surface area contributed by atoms with Crippen molar-refractivity contribution >= 4 is 109 Å². The van der Waals surface area contributed by atoms with Crippen LogP contribution in [0, 0.1) is 0 Å². The molecule has 2 aliphatic heterocycles. The minimum Gasteiger partial charge on any atom is -0.321 e.